The minimum atomic E-state index is -6.07. The Kier molecular flexibility index (Phi) is 4.45. The summed E-state index contributed by atoms with van der Waals surface area (Å²) >= 11 is 0. The fourth-order valence-electron chi connectivity index (χ4n) is 0.711. The van der Waals surface area contributed by atoms with E-state index < -0.39 is 40.4 Å². The van der Waals surface area contributed by atoms with Crippen molar-refractivity contribution in [2.45, 2.75) is 12.1 Å². The standard InChI is InChI=1S/C6H8F5NO4S/c1-12(2-3-17(14,15)16)4(13)5(7,8)6(9,10)11/h2-3H2,1H3,(H,14,15,16)/p-1. The molecule has 0 fully saturated rings. The molecule has 5 nitrogen and oxygen atoms in total. The van der Waals surface area contributed by atoms with Crippen LogP contribution in [-0.2, 0) is 14.9 Å². The van der Waals surface area contributed by atoms with Crippen LogP contribution in [0.2, 0.25) is 0 Å². The number of nitrogens with zero attached hydrogens (tertiary/aromatic N) is 1. The minimum absolute atomic E-state index is 0.164. The quantitative estimate of drug-likeness (QED) is 0.545. The molecule has 0 N–H and O–H groups in total. The van der Waals surface area contributed by atoms with E-state index in [4.69, 9.17) is 0 Å². The van der Waals surface area contributed by atoms with Crippen LogP contribution in [0, 0.1) is 0 Å². The van der Waals surface area contributed by atoms with Crippen molar-refractivity contribution < 1.29 is 39.7 Å². The third kappa shape index (κ3) is 4.42. The van der Waals surface area contributed by atoms with Crippen LogP contribution in [0.25, 0.3) is 0 Å². The van der Waals surface area contributed by atoms with Crippen LogP contribution >= 0.6 is 0 Å². The van der Waals surface area contributed by atoms with Gasteiger partial charge in [0.25, 0.3) is 0 Å². The highest BCUT2D eigenvalue weighted by Crippen LogP contribution is 2.36. The number of hydrogen-bond acceptors (Lipinski definition) is 4. The van der Waals surface area contributed by atoms with Gasteiger partial charge in [-0.15, -0.1) is 0 Å². The molecule has 0 aromatic heterocycles. The van der Waals surface area contributed by atoms with Gasteiger partial charge in [-0.25, -0.2) is 8.42 Å². The fourth-order valence-corrected chi connectivity index (χ4v) is 1.21. The Morgan fingerprint density at radius 1 is 1.24 bits per heavy atom. The second-order valence-corrected chi connectivity index (χ2v) is 4.58. The van der Waals surface area contributed by atoms with Crippen molar-refractivity contribution in [2.24, 2.45) is 0 Å². The molecule has 0 unspecified atom stereocenters. The molecule has 102 valence electrons. The van der Waals surface area contributed by atoms with E-state index >= 15 is 0 Å². The first-order chi connectivity index (χ1) is 7.29. The van der Waals surface area contributed by atoms with Crippen LogP contribution in [0.4, 0.5) is 22.0 Å². The first-order valence-corrected chi connectivity index (χ1v) is 5.50. The average Bonchev–Trinajstić information content (AvgIpc) is 2.09. The van der Waals surface area contributed by atoms with Gasteiger partial charge in [-0.2, -0.15) is 22.0 Å². The molecule has 0 heterocycles. The molecule has 0 saturated carbocycles. The largest absolute Gasteiger partial charge is 0.748 e. The highest BCUT2D eigenvalue weighted by molar-refractivity contribution is 7.85. The van der Waals surface area contributed by atoms with Gasteiger partial charge in [0, 0.05) is 13.6 Å². The van der Waals surface area contributed by atoms with Crippen LogP contribution < -0.4 is 0 Å². The molecule has 0 aromatic rings. The average molecular weight is 284 g/mol. The van der Waals surface area contributed by atoms with Crippen molar-refractivity contribution in [1.82, 2.24) is 4.90 Å². The lowest BCUT2D eigenvalue weighted by Crippen LogP contribution is -2.51. The van der Waals surface area contributed by atoms with Gasteiger partial charge in [-0.1, -0.05) is 0 Å². The van der Waals surface area contributed by atoms with Crippen LogP contribution in [0.1, 0.15) is 0 Å². The van der Waals surface area contributed by atoms with E-state index in [1.54, 1.807) is 0 Å². The molecule has 0 radical (unpaired) electrons. The SMILES string of the molecule is CN(CCS(=O)(=O)[O-])C(=O)C(F)(F)C(F)(F)F. The molecular formula is C6H7F5NO4S-. The van der Waals surface area contributed by atoms with Crippen molar-refractivity contribution in [3.05, 3.63) is 0 Å². The summed E-state index contributed by atoms with van der Waals surface area (Å²) in [4.78, 5) is 10.5. The summed E-state index contributed by atoms with van der Waals surface area (Å²) < 4.78 is 90.4. The highest BCUT2D eigenvalue weighted by Gasteiger charge is 2.64. The topological polar surface area (TPSA) is 77.5 Å². The van der Waals surface area contributed by atoms with E-state index in [9.17, 15) is 39.7 Å². The van der Waals surface area contributed by atoms with Gasteiger partial charge in [0.2, 0.25) is 0 Å². The summed E-state index contributed by atoms with van der Waals surface area (Å²) in [6.45, 7) is -1.05. The third-order valence-electron chi connectivity index (χ3n) is 1.65. The number of halogens is 5. The number of carbonyl (C=O) groups excluding carboxylic acids is 1. The second kappa shape index (κ2) is 4.72. The maximum atomic E-state index is 12.5. The number of carbonyl (C=O) groups is 1. The smallest absolute Gasteiger partial charge is 0.463 e. The number of rotatable bonds is 4. The van der Waals surface area contributed by atoms with Gasteiger partial charge in [0.1, 0.15) is 0 Å². The Balaban J connectivity index is 4.73. The molecule has 17 heavy (non-hydrogen) atoms. The summed E-state index contributed by atoms with van der Waals surface area (Å²) in [5.74, 6) is -9.48. The molecule has 0 bridgehead atoms. The van der Waals surface area contributed by atoms with E-state index in [0.29, 0.717) is 7.05 Å². The van der Waals surface area contributed by atoms with Crippen molar-refractivity contribution >= 4 is 16.0 Å². The molecule has 0 aliphatic heterocycles. The van der Waals surface area contributed by atoms with Crippen LogP contribution in [0.3, 0.4) is 0 Å². The van der Waals surface area contributed by atoms with Gasteiger partial charge in [0.05, 0.1) is 15.9 Å². The normalized spacial score (nSPS) is 13.6. The summed E-state index contributed by atoms with van der Waals surface area (Å²) in [5.41, 5.74) is 0. The molecular weight excluding hydrogens is 277 g/mol. The zero-order valence-corrected chi connectivity index (χ0v) is 9.11. The van der Waals surface area contributed by atoms with Crippen molar-refractivity contribution in [2.75, 3.05) is 19.3 Å². The Morgan fingerprint density at radius 2 is 1.65 bits per heavy atom. The van der Waals surface area contributed by atoms with E-state index in [1.807, 2.05) is 0 Å². The highest BCUT2D eigenvalue weighted by atomic mass is 32.2. The monoisotopic (exact) mass is 284 g/mol. The maximum absolute atomic E-state index is 12.5. The Hall–Kier alpha value is -0.970. The van der Waals surface area contributed by atoms with Gasteiger partial charge < -0.3 is 9.45 Å². The van der Waals surface area contributed by atoms with Gasteiger partial charge in [-0.05, 0) is 0 Å². The lowest BCUT2D eigenvalue weighted by Gasteiger charge is -2.25. The second-order valence-electron chi connectivity index (χ2n) is 3.06. The van der Waals surface area contributed by atoms with Gasteiger partial charge >= 0.3 is 18.0 Å². The molecule has 0 saturated heterocycles. The predicted molar refractivity (Wildman–Crippen MR) is 43.2 cm³/mol. The van der Waals surface area contributed by atoms with Crippen LogP contribution in [0.5, 0.6) is 0 Å². The van der Waals surface area contributed by atoms with Gasteiger partial charge in [0.15, 0.2) is 0 Å². The predicted octanol–water partition coefficient (Wildman–Crippen LogP) is 0.188. The number of hydrogen-bond donors (Lipinski definition) is 0. The molecule has 0 atom stereocenters. The first-order valence-electron chi connectivity index (χ1n) is 3.92. The molecule has 11 heteroatoms. The van der Waals surface area contributed by atoms with E-state index in [2.05, 4.69) is 0 Å². The third-order valence-corrected chi connectivity index (χ3v) is 2.33. The van der Waals surface area contributed by atoms with Crippen molar-refractivity contribution in [1.29, 1.82) is 0 Å². The number of alkyl halides is 5. The lowest BCUT2D eigenvalue weighted by atomic mass is 10.3. The minimum Gasteiger partial charge on any atom is -0.748 e. The van der Waals surface area contributed by atoms with Crippen molar-refractivity contribution in [3.63, 3.8) is 0 Å². The number of amides is 1. The van der Waals surface area contributed by atoms with Crippen LogP contribution in [0.15, 0.2) is 0 Å². The zero-order valence-electron chi connectivity index (χ0n) is 8.29. The summed E-state index contributed by atoms with van der Waals surface area (Å²) in [6.07, 6.45) is -6.07. The maximum Gasteiger partial charge on any atom is 0.463 e. The van der Waals surface area contributed by atoms with Crippen LogP contribution in [-0.4, -0.2) is 55.2 Å². The zero-order chi connectivity index (χ0) is 14.1. The van der Waals surface area contributed by atoms with Crippen molar-refractivity contribution in [3.8, 4) is 0 Å². The molecule has 0 rings (SSSR count). The first kappa shape index (κ1) is 16.0. The summed E-state index contributed by atoms with van der Waals surface area (Å²) in [6, 6.07) is 0. The lowest BCUT2D eigenvalue weighted by molar-refractivity contribution is -0.273. The molecule has 0 spiro atoms. The fraction of sp³-hybridized carbons (Fsp3) is 0.833. The molecule has 0 aromatic carbocycles. The molecule has 0 aliphatic rings. The molecule has 1 amide bonds. The van der Waals surface area contributed by atoms with E-state index in [0.717, 1.165) is 0 Å². The van der Waals surface area contributed by atoms with Gasteiger partial charge in [-0.3, -0.25) is 4.79 Å². The summed E-state index contributed by atoms with van der Waals surface area (Å²) in [5, 5.41) is 0. The van der Waals surface area contributed by atoms with E-state index in [1.165, 1.54) is 0 Å². The Morgan fingerprint density at radius 3 is 1.94 bits per heavy atom. The Labute approximate surface area is 92.9 Å². The van der Waals surface area contributed by atoms with E-state index in [-0.39, 0.29) is 4.90 Å². The molecule has 0 aliphatic carbocycles. The Bertz CT molecular complexity index is 390. The summed E-state index contributed by atoms with van der Waals surface area (Å²) in [7, 11) is -4.27.